The van der Waals surface area contributed by atoms with Gasteiger partial charge in [0.25, 0.3) is 0 Å². The molecule has 1 unspecified atom stereocenters. The van der Waals surface area contributed by atoms with Gasteiger partial charge in [-0.2, -0.15) is 5.10 Å². The summed E-state index contributed by atoms with van der Waals surface area (Å²) < 4.78 is 2.04. The maximum Gasteiger partial charge on any atom is 0.141 e. The zero-order chi connectivity index (χ0) is 12.1. The van der Waals surface area contributed by atoms with Crippen molar-refractivity contribution in [3.63, 3.8) is 0 Å². The number of nitrogens with one attached hydrogen (secondary N) is 1. The van der Waals surface area contributed by atoms with Gasteiger partial charge in [0.1, 0.15) is 12.2 Å². The van der Waals surface area contributed by atoms with Crippen molar-refractivity contribution in [1.29, 1.82) is 0 Å². The van der Waals surface area contributed by atoms with Crippen LogP contribution in [0, 0.1) is 0 Å². The van der Waals surface area contributed by atoms with E-state index in [-0.39, 0.29) is 0 Å². The highest BCUT2D eigenvalue weighted by Crippen LogP contribution is 2.18. The Morgan fingerprint density at radius 3 is 3.18 bits per heavy atom. The van der Waals surface area contributed by atoms with Crippen molar-refractivity contribution in [1.82, 2.24) is 25.0 Å². The molecule has 0 bridgehead atoms. The molecule has 1 aliphatic rings. The third kappa shape index (κ3) is 3.04. The first-order valence-corrected chi connectivity index (χ1v) is 6.60. The highest BCUT2D eigenvalue weighted by Gasteiger charge is 2.24. The van der Waals surface area contributed by atoms with Gasteiger partial charge in [0.2, 0.25) is 0 Å². The molecule has 1 fully saturated rings. The van der Waals surface area contributed by atoms with Gasteiger partial charge in [-0.15, -0.1) is 0 Å². The van der Waals surface area contributed by atoms with Crippen LogP contribution in [0.4, 0.5) is 0 Å². The van der Waals surface area contributed by atoms with Crippen LogP contribution in [0.15, 0.2) is 6.33 Å². The lowest BCUT2D eigenvalue weighted by molar-refractivity contribution is 0.232. The van der Waals surface area contributed by atoms with Crippen molar-refractivity contribution < 1.29 is 0 Å². The highest BCUT2D eigenvalue weighted by molar-refractivity contribution is 4.89. The van der Waals surface area contributed by atoms with Gasteiger partial charge in [0, 0.05) is 19.1 Å². The minimum absolute atomic E-state index is 0.659. The second-order valence-electron chi connectivity index (χ2n) is 4.72. The molecule has 0 saturated carbocycles. The molecule has 1 aliphatic heterocycles. The van der Waals surface area contributed by atoms with E-state index in [0.29, 0.717) is 6.04 Å². The van der Waals surface area contributed by atoms with Crippen molar-refractivity contribution >= 4 is 0 Å². The SMILES string of the molecule is CCCn1ncnc1CN1CCCC1CNC. The van der Waals surface area contributed by atoms with Crippen molar-refractivity contribution in [2.45, 2.75) is 45.3 Å². The molecule has 0 aromatic carbocycles. The van der Waals surface area contributed by atoms with Gasteiger partial charge < -0.3 is 5.32 Å². The highest BCUT2D eigenvalue weighted by atomic mass is 15.4. The van der Waals surface area contributed by atoms with E-state index in [1.807, 2.05) is 11.7 Å². The Morgan fingerprint density at radius 2 is 2.41 bits per heavy atom. The van der Waals surface area contributed by atoms with Crippen LogP contribution in [-0.4, -0.2) is 45.8 Å². The summed E-state index contributed by atoms with van der Waals surface area (Å²) in [5.41, 5.74) is 0. The number of rotatable bonds is 6. The predicted molar refractivity (Wildman–Crippen MR) is 67.7 cm³/mol. The summed E-state index contributed by atoms with van der Waals surface area (Å²) in [6.07, 6.45) is 5.38. The zero-order valence-electron chi connectivity index (χ0n) is 10.9. The predicted octanol–water partition coefficient (Wildman–Crippen LogP) is 0.872. The Labute approximate surface area is 103 Å². The van der Waals surface area contributed by atoms with Crippen molar-refractivity contribution in [3.05, 3.63) is 12.2 Å². The van der Waals surface area contributed by atoms with Crippen molar-refractivity contribution in [2.75, 3.05) is 20.1 Å². The molecule has 1 saturated heterocycles. The standard InChI is InChI=1S/C12H23N5/c1-3-6-17-12(14-10-15-17)9-16-7-4-5-11(16)8-13-2/h10-11,13H,3-9H2,1-2H3. The van der Waals surface area contributed by atoms with Crippen LogP contribution in [0.3, 0.4) is 0 Å². The molecule has 2 rings (SSSR count). The van der Waals surface area contributed by atoms with Crippen molar-refractivity contribution in [2.24, 2.45) is 0 Å². The Kier molecular flexibility index (Phi) is 4.50. The summed E-state index contributed by atoms with van der Waals surface area (Å²) in [5.74, 6) is 1.11. The van der Waals surface area contributed by atoms with Crippen LogP contribution in [-0.2, 0) is 13.1 Å². The van der Waals surface area contributed by atoms with Gasteiger partial charge in [-0.25, -0.2) is 9.67 Å². The van der Waals surface area contributed by atoms with Gasteiger partial charge >= 0.3 is 0 Å². The quantitative estimate of drug-likeness (QED) is 0.797. The van der Waals surface area contributed by atoms with Gasteiger partial charge in [-0.1, -0.05) is 6.92 Å². The summed E-state index contributed by atoms with van der Waals surface area (Å²) in [4.78, 5) is 6.90. The van der Waals surface area contributed by atoms with E-state index >= 15 is 0 Å². The fourth-order valence-electron chi connectivity index (χ4n) is 2.56. The van der Waals surface area contributed by atoms with E-state index in [2.05, 4.69) is 27.2 Å². The maximum atomic E-state index is 4.38. The fourth-order valence-corrected chi connectivity index (χ4v) is 2.56. The smallest absolute Gasteiger partial charge is 0.141 e. The second-order valence-corrected chi connectivity index (χ2v) is 4.72. The first-order chi connectivity index (χ1) is 8.35. The minimum atomic E-state index is 0.659. The average molecular weight is 237 g/mol. The molecule has 96 valence electrons. The first kappa shape index (κ1) is 12.5. The third-order valence-corrected chi connectivity index (χ3v) is 3.41. The Morgan fingerprint density at radius 1 is 1.53 bits per heavy atom. The van der Waals surface area contributed by atoms with Crippen LogP contribution >= 0.6 is 0 Å². The monoisotopic (exact) mass is 237 g/mol. The topological polar surface area (TPSA) is 46.0 Å². The lowest BCUT2D eigenvalue weighted by Crippen LogP contribution is -2.37. The van der Waals surface area contributed by atoms with E-state index in [9.17, 15) is 0 Å². The molecule has 1 N–H and O–H groups in total. The summed E-state index contributed by atoms with van der Waals surface area (Å²) in [5, 5.41) is 7.56. The number of hydrogen-bond acceptors (Lipinski definition) is 4. The summed E-state index contributed by atoms with van der Waals surface area (Å²) in [6.45, 7) is 6.34. The first-order valence-electron chi connectivity index (χ1n) is 6.60. The summed E-state index contributed by atoms with van der Waals surface area (Å²) in [7, 11) is 2.02. The Balaban J connectivity index is 1.97. The molecular formula is C12H23N5. The molecule has 1 aromatic heterocycles. The second kappa shape index (κ2) is 6.12. The molecule has 5 nitrogen and oxygen atoms in total. The molecule has 17 heavy (non-hydrogen) atoms. The fraction of sp³-hybridized carbons (Fsp3) is 0.833. The van der Waals surface area contributed by atoms with E-state index in [1.165, 1.54) is 19.4 Å². The minimum Gasteiger partial charge on any atom is -0.318 e. The summed E-state index contributed by atoms with van der Waals surface area (Å²) >= 11 is 0. The van der Waals surface area contributed by atoms with Gasteiger partial charge in [0.15, 0.2) is 0 Å². The molecular weight excluding hydrogens is 214 g/mol. The zero-order valence-corrected chi connectivity index (χ0v) is 10.9. The summed E-state index contributed by atoms with van der Waals surface area (Å²) in [6, 6.07) is 0.659. The van der Waals surface area contributed by atoms with E-state index < -0.39 is 0 Å². The van der Waals surface area contributed by atoms with Gasteiger partial charge in [0.05, 0.1) is 6.54 Å². The van der Waals surface area contributed by atoms with E-state index in [1.54, 1.807) is 6.33 Å². The van der Waals surface area contributed by atoms with Gasteiger partial charge in [-0.3, -0.25) is 4.90 Å². The molecule has 1 aromatic rings. The number of likely N-dealkylation sites (N-methyl/N-ethyl adjacent to an activating group) is 1. The normalized spacial score (nSPS) is 21.2. The molecule has 0 spiro atoms. The van der Waals surface area contributed by atoms with Crippen LogP contribution in [0.2, 0.25) is 0 Å². The number of aromatic nitrogens is 3. The van der Waals surface area contributed by atoms with Crippen LogP contribution in [0.5, 0.6) is 0 Å². The third-order valence-electron chi connectivity index (χ3n) is 3.41. The van der Waals surface area contributed by atoms with E-state index in [0.717, 1.165) is 31.9 Å². The van der Waals surface area contributed by atoms with Crippen LogP contribution < -0.4 is 5.32 Å². The molecule has 0 aliphatic carbocycles. The number of nitrogens with zero attached hydrogens (tertiary/aromatic N) is 4. The molecule has 5 heteroatoms. The van der Waals surface area contributed by atoms with Crippen molar-refractivity contribution in [3.8, 4) is 0 Å². The number of aryl methyl sites for hydroxylation is 1. The van der Waals surface area contributed by atoms with Crippen LogP contribution in [0.1, 0.15) is 32.0 Å². The van der Waals surface area contributed by atoms with Gasteiger partial charge in [-0.05, 0) is 32.9 Å². The molecule has 0 radical (unpaired) electrons. The van der Waals surface area contributed by atoms with Crippen LogP contribution in [0.25, 0.3) is 0 Å². The molecule has 2 heterocycles. The van der Waals surface area contributed by atoms with E-state index in [4.69, 9.17) is 0 Å². The lowest BCUT2D eigenvalue weighted by atomic mass is 10.2. The number of likely N-dealkylation sites (tertiary alicyclic amines) is 1. The lowest BCUT2D eigenvalue weighted by Gasteiger charge is -2.23. The molecule has 1 atom stereocenters. The maximum absolute atomic E-state index is 4.38. The molecule has 0 amide bonds. The Hall–Kier alpha value is -0.940. The largest absolute Gasteiger partial charge is 0.318 e. The number of hydrogen-bond donors (Lipinski definition) is 1. The Bertz CT molecular complexity index is 335. The average Bonchev–Trinajstić information content (AvgIpc) is 2.92.